The van der Waals surface area contributed by atoms with Crippen molar-refractivity contribution in [1.82, 2.24) is 5.32 Å². The van der Waals surface area contributed by atoms with Crippen LogP contribution in [-0.2, 0) is 11.3 Å². The van der Waals surface area contributed by atoms with E-state index in [1.165, 1.54) is 0 Å². The summed E-state index contributed by atoms with van der Waals surface area (Å²) >= 11 is 12.1. The van der Waals surface area contributed by atoms with Crippen molar-refractivity contribution in [2.45, 2.75) is 13.5 Å². The molecule has 0 atom stereocenters. The Morgan fingerprint density at radius 1 is 1.12 bits per heavy atom. The lowest BCUT2D eigenvalue weighted by molar-refractivity contribution is 0.110. The van der Waals surface area contributed by atoms with Gasteiger partial charge in [0.1, 0.15) is 6.61 Å². The molecule has 2 aromatic carbocycles. The summed E-state index contributed by atoms with van der Waals surface area (Å²) in [6.07, 6.45) is 0. The first-order chi connectivity index (χ1) is 12.1. The smallest absolute Gasteiger partial charge is 0.319 e. The van der Waals surface area contributed by atoms with Crippen LogP contribution < -0.4 is 15.4 Å². The minimum atomic E-state index is -0.364. The molecule has 0 saturated heterocycles. The maximum absolute atomic E-state index is 12.1. The van der Waals surface area contributed by atoms with Gasteiger partial charge < -0.3 is 20.1 Å². The van der Waals surface area contributed by atoms with Gasteiger partial charge in [-0.3, -0.25) is 0 Å². The van der Waals surface area contributed by atoms with Gasteiger partial charge in [-0.1, -0.05) is 41.4 Å². The molecule has 2 amide bonds. The second-order valence-corrected chi connectivity index (χ2v) is 5.94. The van der Waals surface area contributed by atoms with Crippen LogP contribution in [0.5, 0.6) is 5.75 Å². The second kappa shape index (κ2) is 10.1. The van der Waals surface area contributed by atoms with Gasteiger partial charge in [0.2, 0.25) is 0 Å². The summed E-state index contributed by atoms with van der Waals surface area (Å²) in [5.74, 6) is 0.418. The first kappa shape index (κ1) is 19.4. The van der Waals surface area contributed by atoms with Gasteiger partial charge in [0.05, 0.1) is 17.3 Å². The Balaban J connectivity index is 1.94. The number of benzene rings is 2. The SMILES string of the molecule is CCOCCOc1c(Cl)cccc1NC(=O)NCc1cccc(Cl)c1. The maximum Gasteiger partial charge on any atom is 0.319 e. The van der Waals surface area contributed by atoms with Crippen molar-refractivity contribution in [3.8, 4) is 5.75 Å². The molecular formula is C18H20Cl2N2O3. The molecule has 0 saturated carbocycles. The number of para-hydroxylation sites is 1. The van der Waals surface area contributed by atoms with Gasteiger partial charge in [0, 0.05) is 18.2 Å². The van der Waals surface area contributed by atoms with Gasteiger partial charge in [-0.2, -0.15) is 0 Å². The molecule has 2 rings (SSSR count). The number of nitrogens with one attached hydrogen (secondary N) is 2. The number of anilines is 1. The molecule has 25 heavy (non-hydrogen) atoms. The van der Waals surface area contributed by atoms with E-state index >= 15 is 0 Å². The fraction of sp³-hybridized carbons (Fsp3) is 0.278. The quantitative estimate of drug-likeness (QED) is 0.648. The highest BCUT2D eigenvalue weighted by Gasteiger charge is 2.11. The Bertz CT molecular complexity index is 710. The molecule has 0 heterocycles. The summed E-state index contributed by atoms with van der Waals surface area (Å²) in [6.45, 7) is 3.67. The third kappa shape index (κ3) is 6.46. The maximum atomic E-state index is 12.1. The normalized spacial score (nSPS) is 10.4. The molecule has 0 aliphatic rings. The van der Waals surface area contributed by atoms with E-state index in [4.69, 9.17) is 32.7 Å². The van der Waals surface area contributed by atoms with Gasteiger partial charge in [-0.05, 0) is 36.8 Å². The van der Waals surface area contributed by atoms with E-state index in [1.807, 2.05) is 19.1 Å². The lowest BCUT2D eigenvalue weighted by Crippen LogP contribution is -2.28. The number of hydrogen-bond donors (Lipinski definition) is 2. The highest BCUT2D eigenvalue weighted by molar-refractivity contribution is 6.32. The average molecular weight is 383 g/mol. The number of halogens is 2. The van der Waals surface area contributed by atoms with Gasteiger partial charge in [0.25, 0.3) is 0 Å². The van der Waals surface area contributed by atoms with E-state index in [9.17, 15) is 4.79 Å². The molecule has 0 spiro atoms. The molecule has 134 valence electrons. The van der Waals surface area contributed by atoms with Crippen molar-refractivity contribution in [3.05, 3.63) is 58.1 Å². The number of carbonyl (C=O) groups is 1. The number of hydrogen-bond acceptors (Lipinski definition) is 3. The van der Waals surface area contributed by atoms with Crippen molar-refractivity contribution in [2.24, 2.45) is 0 Å². The predicted octanol–water partition coefficient (Wildman–Crippen LogP) is 4.73. The average Bonchev–Trinajstić information content (AvgIpc) is 2.59. The van der Waals surface area contributed by atoms with E-state index in [-0.39, 0.29) is 6.03 Å². The molecular weight excluding hydrogens is 363 g/mol. The largest absolute Gasteiger partial charge is 0.487 e. The molecule has 0 aromatic heterocycles. The lowest BCUT2D eigenvalue weighted by atomic mass is 10.2. The highest BCUT2D eigenvalue weighted by atomic mass is 35.5. The summed E-state index contributed by atoms with van der Waals surface area (Å²) in [7, 11) is 0. The zero-order valence-electron chi connectivity index (χ0n) is 13.9. The van der Waals surface area contributed by atoms with Crippen LogP contribution in [0, 0.1) is 0 Å². The molecule has 0 unspecified atom stereocenters. The minimum Gasteiger partial charge on any atom is -0.487 e. The van der Waals surface area contributed by atoms with Crippen LogP contribution >= 0.6 is 23.2 Å². The number of amides is 2. The molecule has 0 aliphatic carbocycles. The lowest BCUT2D eigenvalue weighted by Gasteiger charge is -2.14. The van der Waals surface area contributed by atoms with Crippen LogP contribution in [-0.4, -0.2) is 25.9 Å². The molecule has 2 N–H and O–H groups in total. The van der Waals surface area contributed by atoms with Crippen molar-refractivity contribution >= 4 is 34.9 Å². The minimum absolute atomic E-state index is 0.344. The summed E-state index contributed by atoms with van der Waals surface area (Å²) in [6, 6.07) is 12.1. The van der Waals surface area contributed by atoms with E-state index in [0.29, 0.717) is 47.8 Å². The summed E-state index contributed by atoms with van der Waals surface area (Å²) in [5.41, 5.74) is 1.40. The Kier molecular flexibility index (Phi) is 7.85. The van der Waals surface area contributed by atoms with Gasteiger partial charge >= 0.3 is 6.03 Å². The molecule has 0 radical (unpaired) electrons. The summed E-state index contributed by atoms with van der Waals surface area (Å²) < 4.78 is 10.9. The molecule has 0 aliphatic heterocycles. The monoisotopic (exact) mass is 382 g/mol. The van der Waals surface area contributed by atoms with Crippen LogP contribution in [0.15, 0.2) is 42.5 Å². The summed E-state index contributed by atoms with van der Waals surface area (Å²) in [4.78, 5) is 12.1. The van der Waals surface area contributed by atoms with Crippen molar-refractivity contribution in [3.63, 3.8) is 0 Å². The second-order valence-electron chi connectivity index (χ2n) is 5.10. The number of rotatable bonds is 8. The third-order valence-electron chi connectivity index (χ3n) is 3.24. The Labute approximate surface area is 157 Å². The molecule has 5 nitrogen and oxygen atoms in total. The predicted molar refractivity (Wildman–Crippen MR) is 101 cm³/mol. The first-order valence-corrected chi connectivity index (χ1v) is 8.64. The van der Waals surface area contributed by atoms with Gasteiger partial charge in [0.15, 0.2) is 5.75 Å². The van der Waals surface area contributed by atoms with Crippen LogP contribution in [0.1, 0.15) is 12.5 Å². The van der Waals surface area contributed by atoms with E-state index < -0.39 is 0 Å². The molecule has 0 bridgehead atoms. The van der Waals surface area contributed by atoms with E-state index in [1.54, 1.807) is 30.3 Å². The molecule has 7 heteroatoms. The van der Waals surface area contributed by atoms with Crippen molar-refractivity contribution in [1.29, 1.82) is 0 Å². The van der Waals surface area contributed by atoms with Crippen LogP contribution in [0.3, 0.4) is 0 Å². The number of carbonyl (C=O) groups excluding carboxylic acids is 1. The number of ether oxygens (including phenoxy) is 2. The van der Waals surface area contributed by atoms with E-state index in [2.05, 4.69) is 10.6 Å². The summed E-state index contributed by atoms with van der Waals surface area (Å²) in [5, 5.41) is 6.55. The zero-order valence-corrected chi connectivity index (χ0v) is 15.4. The third-order valence-corrected chi connectivity index (χ3v) is 3.77. The first-order valence-electron chi connectivity index (χ1n) is 7.88. The van der Waals surface area contributed by atoms with Crippen molar-refractivity contribution < 1.29 is 14.3 Å². The van der Waals surface area contributed by atoms with E-state index in [0.717, 1.165) is 5.56 Å². The van der Waals surface area contributed by atoms with Gasteiger partial charge in [-0.15, -0.1) is 0 Å². The Hall–Kier alpha value is -1.95. The van der Waals surface area contributed by atoms with Crippen LogP contribution in [0.2, 0.25) is 10.0 Å². The highest BCUT2D eigenvalue weighted by Crippen LogP contribution is 2.32. The molecule has 2 aromatic rings. The Morgan fingerprint density at radius 3 is 2.68 bits per heavy atom. The topological polar surface area (TPSA) is 59.6 Å². The fourth-order valence-corrected chi connectivity index (χ4v) is 2.54. The van der Waals surface area contributed by atoms with Crippen LogP contribution in [0.25, 0.3) is 0 Å². The Morgan fingerprint density at radius 2 is 1.92 bits per heavy atom. The molecule has 0 fully saturated rings. The standard InChI is InChI=1S/C18H20Cl2N2O3/c1-2-24-9-10-25-17-15(20)7-4-8-16(17)22-18(23)21-12-13-5-3-6-14(19)11-13/h3-8,11H,2,9-10,12H2,1H3,(H2,21,22,23). The zero-order chi connectivity index (χ0) is 18.1. The van der Waals surface area contributed by atoms with Gasteiger partial charge in [-0.25, -0.2) is 4.79 Å². The van der Waals surface area contributed by atoms with Crippen LogP contribution in [0.4, 0.5) is 10.5 Å². The fourth-order valence-electron chi connectivity index (χ4n) is 2.10. The van der Waals surface area contributed by atoms with Crippen molar-refractivity contribution in [2.75, 3.05) is 25.1 Å². The number of urea groups is 1.